The molecule has 0 aliphatic heterocycles. The molecular formula is C20H25N3O3. The summed E-state index contributed by atoms with van der Waals surface area (Å²) in [5.74, 6) is -0.483. The van der Waals surface area contributed by atoms with Gasteiger partial charge in [-0.2, -0.15) is 5.10 Å². The molecule has 0 saturated heterocycles. The summed E-state index contributed by atoms with van der Waals surface area (Å²) in [6.07, 6.45) is 1.83. The highest BCUT2D eigenvalue weighted by atomic mass is 16.5. The minimum Gasteiger partial charge on any atom is -0.448 e. The topological polar surface area (TPSA) is 73.2 Å². The summed E-state index contributed by atoms with van der Waals surface area (Å²) in [6.45, 7) is 6.16. The van der Waals surface area contributed by atoms with Crippen LogP contribution in [0.2, 0.25) is 0 Å². The zero-order valence-corrected chi connectivity index (χ0v) is 15.5. The number of nitrogens with one attached hydrogen (secondary N) is 1. The molecule has 1 heterocycles. The highest BCUT2D eigenvalue weighted by molar-refractivity contribution is 5.92. The van der Waals surface area contributed by atoms with E-state index >= 15 is 0 Å². The van der Waals surface area contributed by atoms with E-state index in [-0.39, 0.29) is 5.91 Å². The van der Waals surface area contributed by atoms with Crippen molar-refractivity contribution < 1.29 is 14.3 Å². The van der Waals surface area contributed by atoms with E-state index in [9.17, 15) is 9.59 Å². The van der Waals surface area contributed by atoms with Gasteiger partial charge >= 0.3 is 5.97 Å². The Labute approximate surface area is 153 Å². The SMILES string of the molecule is CC(C)CNC(=O)C(C)OC(=O)c1nn(-c2ccccc2)c2c1CCC2. The van der Waals surface area contributed by atoms with Crippen molar-refractivity contribution in [2.75, 3.05) is 6.54 Å². The van der Waals surface area contributed by atoms with Crippen LogP contribution in [0.5, 0.6) is 0 Å². The number of amides is 1. The van der Waals surface area contributed by atoms with Gasteiger partial charge in [-0.15, -0.1) is 0 Å². The van der Waals surface area contributed by atoms with Crippen molar-refractivity contribution in [3.63, 3.8) is 0 Å². The predicted octanol–water partition coefficient (Wildman–Crippen LogP) is 2.68. The van der Waals surface area contributed by atoms with Crippen molar-refractivity contribution in [1.29, 1.82) is 0 Å². The third-order valence-corrected chi connectivity index (χ3v) is 4.46. The Kier molecular flexibility index (Phi) is 5.40. The largest absolute Gasteiger partial charge is 0.448 e. The van der Waals surface area contributed by atoms with Gasteiger partial charge in [0.05, 0.1) is 5.69 Å². The summed E-state index contributed by atoms with van der Waals surface area (Å²) in [4.78, 5) is 24.7. The number of aromatic nitrogens is 2. The Balaban J connectivity index is 1.77. The third-order valence-electron chi connectivity index (χ3n) is 4.46. The molecule has 1 aromatic heterocycles. The number of para-hydroxylation sites is 1. The summed E-state index contributed by atoms with van der Waals surface area (Å²) in [5.41, 5.74) is 3.24. The summed E-state index contributed by atoms with van der Waals surface area (Å²) >= 11 is 0. The summed E-state index contributed by atoms with van der Waals surface area (Å²) < 4.78 is 7.20. The number of nitrogens with zero attached hydrogens (tertiary/aromatic N) is 2. The summed E-state index contributed by atoms with van der Waals surface area (Å²) in [7, 11) is 0. The molecule has 1 unspecified atom stereocenters. The van der Waals surface area contributed by atoms with Crippen LogP contribution in [0.1, 0.15) is 48.9 Å². The molecule has 138 valence electrons. The number of carbonyl (C=O) groups is 2. The van der Waals surface area contributed by atoms with Gasteiger partial charge < -0.3 is 10.1 Å². The maximum absolute atomic E-state index is 12.6. The molecule has 0 fully saturated rings. The summed E-state index contributed by atoms with van der Waals surface area (Å²) in [5, 5.41) is 7.28. The average molecular weight is 355 g/mol. The molecule has 1 aromatic carbocycles. The van der Waals surface area contributed by atoms with Crippen LogP contribution in [0.3, 0.4) is 0 Å². The van der Waals surface area contributed by atoms with E-state index in [1.807, 2.05) is 48.9 Å². The van der Waals surface area contributed by atoms with Gasteiger partial charge in [0.15, 0.2) is 11.8 Å². The van der Waals surface area contributed by atoms with Crippen LogP contribution in [0.4, 0.5) is 0 Å². The van der Waals surface area contributed by atoms with E-state index in [0.717, 1.165) is 36.2 Å². The monoisotopic (exact) mass is 355 g/mol. The maximum Gasteiger partial charge on any atom is 0.359 e. The standard InChI is InChI=1S/C20H25N3O3/c1-13(2)12-21-19(24)14(3)26-20(25)18-16-10-7-11-17(16)23(22-18)15-8-5-4-6-9-15/h4-6,8-9,13-14H,7,10-12H2,1-3H3,(H,21,24). The fourth-order valence-electron chi connectivity index (χ4n) is 3.10. The van der Waals surface area contributed by atoms with E-state index < -0.39 is 12.1 Å². The van der Waals surface area contributed by atoms with Crippen molar-refractivity contribution in [3.05, 3.63) is 47.3 Å². The van der Waals surface area contributed by atoms with Gasteiger partial charge in [0.2, 0.25) is 0 Å². The predicted molar refractivity (Wildman–Crippen MR) is 98.3 cm³/mol. The Morgan fingerprint density at radius 1 is 1.19 bits per heavy atom. The zero-order chi connectivity index (χ0) is 18.7. The second-order valence-electron chi connectivity index (χ2n) is 7.06. The number of rotatable bonds is 6. The van der Waals surface area contributed by atoms with Gasteiger partial charge in [0, 0.05) is 17.8 Å². The average Bonchev–Trinajstić information content (AvgIpc) is 3.22. The Bertz CT molecular complexity index is 796. The fourth-order valence-corrected chi connectivity index (χ4v) is 3.10. The van der Waals surface area contributed by atoms with Gasteiger partial charge in [-0.3, -0.25) is 4.79 Å². The highest BCUT2D eigenvalue weighted by Gasteiger charge is 2.29. The second kappa shape index (κ2) is 7.72. The quantitative estimate of drug-likeness (QED) is 0.809. The van der Waals surface area contributed by atoms with Crippen LogP contribution in [0, 0.1) is 5.92 Å². The minimum absolute atomic E-state index is 0.286. The maximum atomic E-state index is 12.6. The first-order valence-electron chi connectivity index (χ1n) is 9.12. The highest BCUT2D eigenvalue weighted by Crippen LogP contribution is 2.28. The molecular weight excluding hydrogens is 330 g/mol. The summed E-state index contributed by atoms with van der Waals surface area (Å²) in [6, 6.07) is 9.75. The molecule has 1 aliphatic rings. The van der Waals surface area contributed by atoms with Gasteiger partial charge in [0.25, 0.3) is 5.91 Å². The first-order valence-corrected chi connectivity index (χ1v) is 9.12. The van der Waals surface area contributed by atoms with Crippen LogP contribution >= 0.6 is 0 Å². The minimum atomic E-state index is -0.847. The van der Waals surface area contributed by atoms with Gasteiger partial charge in [-0.1, -0.05) is 32.0 Å². The number of hydrogen-bond acceptors (Lipinski definition) is 4. The molecule has 0 saturated carbocycles. The zero-order valence-electron chi connectivity index (χ0n) is 15.5. The normalized spacial score (nSPS) is 14.2. The van der Waals surface area contributed by atoms with Crippen LogP contribution in [-0.2, 0) is 22.4 Å². The number of fused-ring (bicyclic) bond motifs is 1. The molecule has 26 heavy (non-hydrogen) atoms. The molecule has 1 atom stereocenters. The second-order valence-corrected chi connectivity index (χ2v) is 7.06. The van der Waals surface area contributed by atoms with Crippen LogP contribution in [0.25, 0.3) is 5.69 Å². The molecule has 6 heteroatoms. The first-order chi connectivity index (χ1) is 12.5. The fraction of sp³-hybridized carbons (Fsp3) is 0.450. The van der Waals surface area contributed by atoms with E-state index in [4.69, 9.17) is 4.74 Å². The van der Waals surface area contributed by atoms with Crippen LogP contribution < -0.4 is 5.32 Å². The molecule has 1 amide bonds. The lowest BCUT2D eigenvalue weighted by atomic mass is 10.2. The lowest BCUT2D eigenvalue weighted by Gasteiger charge is -2.14. The number of carbonyl (C=O) groups excluding carboxylic acids is 2. The van der Waals surface area contributed by atoms with Crippen molar-refractivity contribution in [2.24, 2.45) is 5.92 Å². The first kappa shape index (κ1) is 18.2. The molecule has 1 aliphatic carbocycles. The van der Waals surface area contributed by atoms with E-state index in [0.29, 0.717) is 18.2 Å². The molecule has 1 N–H and O–H groups in total. The van der Waals surface area contributed by atoms with E-state index in [1.54, 1.807) is 6.92 Å². The number of esters is 1. The van der Waals surface area contributed by atoms with Gasteiger partial charge in [0.1, 0.15) is 0 Å². The molecule has 0 bridgehead atoms. The van der Waals surface area contributed by atoms with Gasteiger partial charge in [-0.25, -0.2) is 9.48 Å². The van der Waals surface area contributed by atoms with Crippen molar-refractivity contribution >= 4 is 11.9 Å². The Morgan fingerprint density at radius 2 is 1.92 bits per heavy atom. The molecule has 0 spiro atoms. The lowest BCUT2D eigenvalue weighted by molar-refractivity contribution is -0.129. The van der Waals surface area contributed by atoms with E-state index in [1.165, 1.54) is 0 Å². The molecule has 6 nitrogen and oxygen atoms in total. The number of benzene rings is 1. The number of hydrogen-bond donors (Lipinski definition) is 1. The van der Waals surface area contributed by atoms with Crippen LogP contribution in [-0.4, -0.2) is 34.3 Å². The molecule has 0 radical (unpaired) electrons. The smallest absolute Gasteiger partial charge is 0.359 e. The van der Waals surface area contributed by atoms with E-state index in [2.05, 4.69) is 10.4 Å². The van der Waals surface area contributed by atoms with Gasteiger partial charge in [-0.05, 0) is 44.2 Å². The number of ether oxygens (including phenoxy) is 1. The molecule has 3 rings (SSSR count). The van der Waals surface area contributed by atoms with Crippen molar-refractivity contribution in [3.8, 4) is 5.69 Å². The Hall–Kier alpha value is -2.63. The lowest BCUT2D eigenvalue weighted by Crippen LogP contribution is -2.37. The molecule has 2 aromatic rings. The third kappa shape index (κ3) is 3.79. The van der Waals surface area contributed by atoms with Crippen molar-refractivity contribution in [2.45, 2.75) is 46.1 Å². The van der Waals surface area contributed by atoms with Crippen LogP contribution in [0.15, 0.2) is 30.3 Å². The Morgan fingerprint density at radius 3 is 2.62 bits per heavy atom. The van der Waals surface area contributed by atoms with Crippen molar-refractivity contribution in [1.82, 2.24) is 15.1 Å².